The Morgan fingerprint density at radius 3 is 2.80 bits per heavy atom. The zero-order valence-electron chi connectivity index (χ0n) is 12.2. The summed E-state index contributed by atoms with van der Waals surface area (Å²) in [5.41, 5.74) is 2.42. The van der Waals surface area contributed by atoms with Crippen LogP contribution in [0.3, 0.4) is 0 Å². The molecular formula is C15H22ClN3O. The van der Waals surface area contributed by atoms with E-state index >= 15 is 0 Å². The van der Waals surface area contributed by atoms with Crippen LogP contribution in [-0.4, -0.2) is 44.0 Å². The molecule has 110 valence electrons. The lowest BCUT2D eigenvalue weighted by Gasteiger charge is -2.26. The van der Waals surface area contributed by atoms with Gasteiger partial charge in [-0.15, -0.1) is 0 Å². The average Bonchev–Trinajstić information content (AvgIpc) is 2.65. The highest BCUT2D eigenvalue weighted by molar-refractivity contribution is 6.30. The van der Waals surface area contributed by atoms with Gasteiger partial charge in [0.2, 0.25) is 5.91 Å². The van der Waals surface area contributed by atoms with Crippen molar-refractivity contribution in [2.45, 2.75) is 19.9 Å². The molecule has 2 rings (SSSR count). The topological polar surface area (TPSA) is 35.6 Å². The Morgan fingerprint density at radius 2 is 2.10 bits per heavy atom. The van der Waals surface area contributed by atoms with E-state index in [0.717, 1.165) is 44.2 Å². The molecule has 1 saturated heterocycles. The van der Waals surface area contributed by atoms with Crippen LogP contribution in [0.25, 0.3) is 0 Å². The molecule has 0 aromatic heterocycles. The second kappa shape index (κ2) is 6.95. The lowest BCUT2D eigenvalue weighted by molar-refractivity contribution is -0.128. The van der Waals surface area contributed by atoms with E-state index in [9.17, 15) is 4.79 Å². The fourth-order valence-electron chi connectivity index (χ4n) is 2.67. The number of anilines is 1. The molecule has 1 aliphatic heterocycles. The van der Waals surface area contributed by atoms with Crippen molar-refractivity contribution < 1.29 is 4.79 Å². The van der Waals surface area contributed by atoms with Crippen LogP contribution >= 0.6 is 11.6 Å². The number of hydrogen-bond donors (Lipinski definition) is 1. The lowest BCUT2D eigenvalue weighted by atomic mass is 10.1. The lowest BCUT2D eigenvalue weighted by Crippen LogP contribution is -2.34. The van der Waals surface area contributed by atoms with Gasteiger partial charge in [-0.3, -0.25) is 4.79 Å². The molecular weight excluding hydrogens is 274 g/mol. The van der Waals surface area contributed by atoms with Gasteiger partial charge in [0.25, 0.3) is 0 Å². The highest BCUT2D eigenvalue weighted by Gasteiger charge is 2.18. The molecule has 0 unspecified atom stereocenters. The van der Waals surface area contributed by atoms with Crippen LogP contribution in [0.4, 0.5) is 5.69 Å². The van der Waals surface area contributed by atoms with Crippen LogP contribution in [0.15, 0.2) is 18.2 Å². The number of amides is 1. The molecule has 1 fully saturated rings. The van der Waals surface area contributed by atoms with Crippen molar-refractivity contribution >= 4 is 23.2 Å². The first-order chi connectivity index (χ1) is 9.61. The molecule has 20 heavy (non-hydrogen) atoms. The first kappa shape index (κ1) is 15.1. The summed E-state index contributed by atoms with van der Waals surface area (Å²) in [6.45, 7) is 5.92. The number of nitrogens with zero attached hydrogens (tertiary/aromatic N) is 2. The fraction of sp³-hybridized carbons (Fsp3) is 0.533. The van der Waals surface area contributed by atoms with Gasteiger partial charge < -0.3 is 15.1 Å². The van der Waals surface area contributed by atoms with E-state index in [0.29, 0.717) is 0 Å². The van der Waals surface area contributed by atoms with Crippen molar-refractivity contribution in [3.05, 3.63) is 28.8 Å². The van der Waals surface area contributed by atoms with E-state index in [4.69, 9.17) is 11.6 Å². The number of carbonyl (C=O) groups is 1. The minimum atomic E-state index is 0.165. The van der Waals surface area contributed by atoms with Crippen molar-refractivity contribution in [2.24, 2.45) is 0 Å². The third-order valence-electron chi connectivity index (χ3n) is 3.69. The van der Waals surface area contributed by atoms with Gasteiger partial charge in [0.1, 0.15) is 0 Å². The van der Waals surface area contributed by atoms with Gasteiger partial charge in [-0.05, 0) is 37.2 Å². The van der Waals surface area contributed by atoms with Gasteiger partial charge in [0, 0.05) is 50.4 Å². The second-order valence-electron chi connectivity index (χ2n) is 5.15. The van der Waals surface area contributed by atoms with Crippen LogP contribution in [0.5, 0.6) is 0 Å². The minimum Gasteiger partial charge on any atom is -0.369 e. The minimum absolute atomic E-state index is 0.165. The van der Waals surface area contributed by atoms with E-state index in [1.165, 1.54) is 11.3 Å². The summed E-state index contributed by atoms with van der Waals surface area (Å²) < 4.78 is 0. The number of benzene rings is 1. The Hall–Kier alpha value is -1.26. The number of nitrogens with one attached hydrogen (secondary N) is 1. The monoisotopic (exact) mass is 295 g/mol. The maximum absolute atomic E-state index is 11.5. The summed E-state index contributed by atoms with van der Waals surface area (Å²) in [5.74, 6) is 0.165. The normalized spacial score (nSPS) is 16.1. The molecule has 1 aromatic carbocycles. The molecule has 0 radical (unpaired) electrons. The van der Waals surface area contributed by atoms with Crippen molar-refractivity contribution in [1.82, 2.24) is 10.2 Å². The molecule has 0 saturated carbocycles. The van der Waals surface area contributed by atoms with E-state index in [2.05, 4.69) is 16.3 Å². The zero-order chi connectivity index (χ0) is 14.5. The van der Waals surface area contributed by atoms with E-state index in [1.807, 2.05) is 24.1 Å². The molecule has 4 nitrogen and oxygen atoms in total. The van der Waals surface area contributed by atoms with Crippen LogP contribution in [-0.2, 0) is 11.3 Å². The summed E-state index contributed by atoms with van der Waals surface area (Å²) in [7, 11) is 1.94. The maximum Gasteiger partial charge on any atom is 0.219 e. The number of carbonyl (C=O) groups excluding carboxylic acids is 1. The third-order valence-corrected chi connectivity index (χ3v) is 3.93. The molecule has 1 amide bonds. The first-order valence-corrected chi connectivity index (χ1v) is 7.43. The van der Waals surface area contributed by atoms with Gasteiger partial charge in [0.05, 0.1) is 0 Å². The molecule has 1 heterocycles. The van der Waals surface area contributed by atoms with Crippen molar-refractivity contribution in [1.29, 1.82) is 0 Å². The Labute approximate surface area is 125 Å². The summed E-state index contributed by atoms with van der Waals surface area (Å²) in [5, 5.41) is 3.95. The average molecular weight is 296 g/mol. The summed E-state index contributed by atoms with van der Waals surface area (Å²) in [6.07, 6.45) is 1.00. The highest BCUT2D eigenvalue weighted by Crippen LogP contribution is 2.25. The number of rotatable bonds is 3. The summed E-state index contributed by atoms with van der Waals surface area (Å²) in [4.78, 5) is 15.8. The van der Waals surface area contributed by atoms with Crippen LogP contribution in [0.2, 0.25) is 5.02 Å². The Morgan fingerprint density at radius 1 is 1.30 bits per heavy atom. The van der Waals surface area contributed by atoms with Crippen LogP contribution < -0.4 is 10.2 Å². The molecule has 0 bridgehead atoms. The predicted octanol–water partition coefficient (Wildman–Crippen LogP) is 2.12. The van der Waals surface area contributed by atoms with E-state index in [-0.39, 0.29) is 5.91 Å². The first-order valence-electron chi connectivity index (χ1n) is 7.05. The SMILES string of the molecule is CNCc1cc(Cl)ccc1N1CCCN(C(C)=O)CC1. The van der Waals surface area contributed by atoms with Gasteiger partial charge in [-0.1, -0.05) is 11.6 Å². The standard InChI is InChI=1S/C15H22ClN3O/c1-12(20)18-6-3-7-19(9-8-18)15-5-4-14(16)10-13(15)11-17-2/h4-5,10,17H,3,6-9,11H2,1-2H3. The van der Waals surface area contributed by atoms with Gasteiger partial charge in [-0.25, -0.2) is 0 Å². The molecule has 0 aliphatic carbocycles. The summed E-state index contributed by atoms with van der Waals surface area (Å²) in [6, 6.07) is 6.03. The zero-order valence-corrected chi connectivity index (χ0v) is 12.9. The van der Waals surface area contributed by atoms with Crippen molar-refractivity contribution in [2.75, 3.05) is 38.1 Å². The quantitative estimate of drug-likeness (QED) is 0.928. The molecule has 0 atom stereocenters. The van der Waals surface area contributed by atoms with Crippen LogP contribution in [0.1, 0.15) is 18.9 Å². The van der Waals surface area contributed by atoms with E-state index in [1.54, 1.807) is 6.92 Å². The largest absolute Gasteiger partial charge is 0.369 e. The summed E-state index contributed by atoms with van der Waals surface area (Å²) >= 11 is 6.09. The Balaban J connectivity index is 2.16. The van der Waals surface area contributed by atoms with Crippen molar-refractivity contribution in [3.63, 3.8) is 0 Å². The molecule has 1 aliphatic rings. The number of halogens is 1. The van der Waals surface area contributed by atoms with Gasteiger partial charge in [-0.2, -0.15) is 0 Å². The molecule has 5 heteroatoms. The van der Waals surface area contributed by atoms with Gasteiger partial charge >= 0.3 is 0 Å². The van der Waals surface area contributed by atoms with Crippen molar-refractivity contribution in [3.8, 4) is 0 Å². The van der Waals surface area contributed by atoms with Gasteiger partial charge in [0.15, 0.2) is 0 Å². The molecule has 1 N–H and O–H groups in total. The molecule has 0 spiro atoms. The highest BCUT2D eigenvalue weighted by atomic mass is 35.5. The second-order valence-corrected chi connectivity index (χ2v) is 5.59. The Bertz CT molecular complexity index is 478. The van der Waals surface area contributed by atoms with Crippen LogP contribution in [0, 0.1) is 0 Å². The Kier molecular flexibility index (Phi) is 5.26. The fourth-order valence-corrected chi connectivity index (χ4v) is 2.86. The third kappa shape index (κ3) is 3.64. The maximum atomic E-state index is 11.5. The van der Waals surface area contributed by atoms with E-state index < -0.39 is 0 Å². The smallest absolute Gasteiger partial charge is 0.219 e. The predicted molar refractivity (Wildman–Crippen MR) is 83.3 cm³/mol. The molecule has 1 aromatic rings. The number of hydrogen-bond acceptors (Lipinski definition) is 3.